The summed E-state index contributed by atoms with van der Waals surface area (Å²) in [5.41, 5.74) is 2.68. The summed E-state index contributed by atoms with van der Waals surface area (Å²) in [4.78, 5) is 9.90. The van der Waals surface area contributed by atoms with Gasteiger partial charge in [0, 0.05) is 25.7 Å². The van der Waals surface area contributed by atoms with E-state index in [-0.39, 0.29) is 0 Å². The minimum absolute atomic E-state index is 0.642. The van der Waals surface area contributed by atoms with Crippen molar-refractivity contribution in [3.63, 3.8) is 0 Å². The van der Waals surface area contributed by atoms with E-state index in [0.29, 0.717) is 6.04 Å². The zero-order chi connectivity index (χ0) is 18.9. The van der Waals surface area contributed by atoms with Crippen LogP contribution in [0.25, 0.3) is 0 Å². The lowest BCUT2D eigenvalue weighted by atomic mass is 10.1. The molecule has 2 aliphatic rings. The van der Waals surface area contributed by atoms with Crippen molar-refractivity contribution in [3.8, 4) is 0 Å². The molecular formula is C22H37N5. The lowest BCUT2D eigenvalue weighted by molar-refractivity contribution is 0.267. The average Bonchev–Trinajstić information content (AvgIpc) is 3.36. The van der Waals surface area contributed by atoms with Crippen molar-refractivity contribution >= 4 is 5.96 Å². The molecule has 3 rings (SSSR count). The second-order valence-corrected chi connectivity index (χ2v) is 7.80. The maximum Gasteiger partial charge on any atom is 0.191 e. The quantitative estimate of drug-likeness (QED) is 0.545. The van der Waals surface area contributed by atoms with Gasteiger partial charge in [-0.1, -0.05) is 31.2 Å². The van der Waals surface area contributed by atoms with Gasteiger partial charge in [0.2, 0.25) is 0 Å². The van der Waals surface area contributed by atoms with Gasteiger partial charge in [-0.2, -0.15) is 0 Å². The highest BCUT2D eigenvalue weighted by Gasteiger charge is 2.22. The molecule has 1 atom stereocenters. The maximum atomic E-state index is 4.79. The van der Waals surface area contributed by atoms with Crippen LogP contribution in [0.5, 0.6) is 0 Å². The third kappa shape index (κ3) is 6.22. The molecule has 0 radical (unpaired) electrons. The molecule has 2 fully saturated rings. The molecule has 2 aliphatic heterocycles. The molecule has 2 saturated heterocycles. The molecule has 1 aromatic rings. The number of likely N-dealkylation sites (tertiary alicyclic amines) is 2. The van der Waals surface area contributed by atoms with Crippen LogP contribution < -0.4 is 10.6 Å². The summed E-state index contributed by atoms with van der Waals surface area (Å²) in [6.45, 7) is 12.9. The van der Waals surface area contributed by atoms with E-state index in [0.717, 1.165) is 38.7 Å². The van der Waals surface area contributed by atoms with Crippen LogP contribution in [-0.4, -0.2) is 61.1 Å². The number of aliphatic imine (C=N–C) groups is 1. The molecule has 0 aromatic heterocycles. The first-order valence-electron chi connectivity index (χ1n) is 10.8. The van der Waals surface area contributed by atoms with E-state index in [1.807, 2.05) is 0 Å². The van der Waals surface area contributed by atoms with Gasteiger partial charge < -0.3 is 10.6 Å². The van der Waals surface area contributed by atoms with Gasteiger partial charge >= 0.3 is 0 Å². The van der Waals surface area contributed by atoms with Gasteiger partial charge in [0.15, 0.2) is 5.96 Å². The first-order chi connectivity index (χ1) is 13.3. The molecule has 27 heavy (non-hydrogen) atoms. The molecular weight excluding hydrogens is 334 g/mol. The van der Waals surface area contributed by atoms with Crippen molar-refractivity contribution in [1.29, 1.82) is 0 Å². The van der Waals surface area contributed by atoms with Crippen LogP contribution in [0.3, 0.4) is 0 Å². The van der Waals surface area contributed by atoms with Crippen molar-refractivity contribution < 1.29 is 0 Å². The van der Waals surface area contributed by atoms with Gasteiger partial charge in [0.1, 0.15) is 0 Å². The van der Waals surface area contributed by atoms with Gasteiger partial charge in [-0.3, -0.25) is 9.80 Å². The number of guanidine groups is 1. The van der Waals surface area contributed by atoms with Gasteiger partial charge in [0.05, 0.1) is 6.54 Å². The molecule has 0 amide bonds. The Morgan fingerprint density at radius 1 is 1.00 bits per heavy atom. The van der Waals surface area contributed by atoms with E-state index >= 15 is 0 Å². The predicted octanol–water partition coefficient (Wildman–Crippen LogP) is 2.82. The molecule has 1 unspecified atom stereocenters. The van der Waals surface area contributed by atoms with Crippen molar-refractivity contribution in [3.05, 3.63) is 35.4 Å². The van der Waals surface area contributed by atoms with Crippen LogP contribution >= 0.6 is 0 Å². The molecule has 5 heteroatoms. The van der Waals surface area contributed by atoms with Gasteiger partial charge in [-0.05, 0) is 69.9 Å². The third-order valence-corrected chi connectivity index (χ3v) is 5.80. The molecule has 150 valence electrons. The highest BCUT2D eigenvalue weighted by Crippen LogP contribution is 2.16. The summed E-state index contributed by atoms with van der Waals surface area (Å²) in [5, 5.41) is 6.93. The van der Waals surface area contributed by atoms with Crippen LogP contribution in [0.1, 0.15) is 50.7 Å². The van der Waals surface area contributed by atoms with E-state index < -0.39 is 0 Å². The number of nitrogens with one attached hydrogen (secondary N) is 2. The Kier molecular flexibility index (Phi) is 7.96. The molecule has 0 saturated carbocycles. The summed E-state index contributed by atoms with van der Waals surface area (Å²) in [7, 11) is 0. The van der Waals surface area contributed by atoms with E-state index in [4.69, 9.17) is 4.99 Å². The Labute approximate surface area is 165 Å². The first kappa shape index (κ1) is 20.2. The lowest BCUT2D eigenvalue weighted by Gasteiger charge is -2.24. The zero-order valence-electron chi connectivity index (χ0n) is 17.2. The lowest BCUT2D eigenvalue weighted by Crippen LogP contribution is -2.44. The Morgan fingerprint density at radius 2 is 1.74 bits per heavy atom. The van der Waals surface area contributed by atoms with Crippen LogP contribution in [0.2, 0.25) is 0 Å². The number of benzene rings is 1. The van der Waals surface area contributed by atoms with Gasteiger partial charge in [0.25, 0.3) is 0 Å². The molecule has 0 spiro atoms. The average molecular weight is 372 g/mol. The molecule has 2 N–H and O–H groups in total. The number of likely N-dealkylation sites (N-methyl/N-ethyl adjacent to an activating group) is 1. The van der Waals surface area contributed by atoms with E-state index in [1.54, 1.807) is 0 Å². The highest BCUT2D eigenvalue weighted by atomic mass is 15.2. The fraction of sp³-hybridized carbons (Fsp3) is 0.682. The summed E-state index contributed by atoms with van der Waals surface area (Å²) >= 11 is 0. The second-order valence-electron chi connectivity index (χ2n) is 7.80. The Morgan fingerprint density at radius 3 is 2.44 bits per heavy atom. The summed E-state index contributed by atoms with van der Waals surface area (Å²) in [5.74, 6) is 0.932. The first-order valence-corrected chi connectivity index (χ1v) is 10.8. The minimum atomic E-state index is 0.642. The highest BCUT2D eigenvalue weighted by molar-refractivity contribution is 5.79. The van der Waals surface area contributed by atoms with Crippen LogP contribution in [0.15, 0.2) is 29.3 Å². The van der Waals surface area contributed by atoms with E-state index in [9.17, 15) is 0 Å². The Balaban J connectivity index is 1.49. The maximum absolute atomic E-state index is 4.79. The summed E-state index contributed by atoms with van der Waals surface area (Å²) in [6, 6.07) is 9.63. The molecule has 1 aromatic carbocycles. The second kappa shape index (κ2) is 10.7. The molecule has 5 nitrogen and oxygen atoms in total. The number of rotatable bonds is 8. The SMILES string of the molecule is CCNC(=NCc1ccc(CN2CCCC2)cc1)NCC1CCCN1CC. The largest absolute Gasteiger partial charge is 0.357 e. The molecule has 0 bridgehead atoms. The predicted molar refractivity (Wildman–Crippen MR) is 114 cm³/mol. The fourth-order valence-electron chi connectivity index (χ4n) is 4.22. The zero-order valence-corrected chi connectivity index (χ0v) is 17.2. The Bertz CT molecular complexity index is 577. The van der Waals surface area contributed by atoms with Gasteiger partial charge in [-0.15, -0.1) is 0 Å². The molecule has 2 heterocycles. The van der Waals surface area contributed by atoms with Crippen molar-refractivity contribution in [2.75, 3.05) is 39.3 Å². The van der Waals surface area contributed by atoms with Crippen molar-refractivity contribution in [2.45, 2.75) is 58.7 Å². The normalized spacial score (nSPS) is 21.7. The topological polar surface area (TPSA) is 42.9 Å². The summed E-state index contributed by atoms with van der Waals surface area (Å²) < 4.78 is 0. The van der Waals surface area contributed by atoms with E-state index in [1.165, 1.54) is 56.4 Å². The number of hydrogen-bond donors (Lipinski definition) is 2. The van der Waals surface area contributed by atoms with Crippen LogP contribution in [0.4, 0.5) is 0 Å². The number of hydrogen-bond acceptors (Lipinski definition) is 3. The Hall–Kier alpha value is -1.59. The van der Waals surface area contributed by atoms with E-state index in [2.05, 4.69) is 58.5 Å². The van der Waals surface area contributed by atoms with Crippen LogP contribution in [-0.2, 0) is 13.1 Å². The van der Waals surface area contributed by atoms with Crippen LogP contribution in [0, 0.1) is 0 Å². The third-order valence-electron chi connectivity index (χ3n) is 5.80. The van der Waals surface area contributed by atoms with Gasteiger partial charge in [-0.25, -0.2) is 4.99 Å². The van der Waals surface area contributed by atoms with Crippen molar-refractivity contribution in [2.24, 2.45) is 4.99 Å². The fourth-order valence-corrected chi connectivity index (χ4v) is 4.22. The monoisotopic (exact) mass is 371 g/mol. The summed E-state index contributed by atoms with van der Waals surface area (Å²) in [6.07, 6.45) is 5.31. The number of nitrogens with zero attached hydrogens (tertiary/aromatic N) is 3. The van der Waals surface area contributed by atoms with Crippen molar-refractivity contribution in [1.82, 2.24) is 20.4 Å². The smallest absolute Gasteiger partial charge is 0.191 e. The molecule has 0 aliphatic carbocycles. The minimum Gasteiger partial charge on any atom is -0.357 e. The standard InChI is InChI=1S/C22H37N5/c1-3-23-22(25-17-21-8-7-15-27(21)4-2)24-16-19-9-11-20(12-10-19)18-26-13-5-6-14-26/h9-12,21H,3-8,13-18H2,1-2H3,(H2,23,24,25).